The van der Waals surface area contributed by atoms with Gasteiger partial charge < -0.3 is 5.32 Å². The first-order chi connectivity index (χ1) is 7.75. The van der Waals surface area contributed by atoms with Crippen LogP contribution in [0.25, 0.3) is 0 Å². The van der Waals surface area contributed by atoms with Gasteiger partial charge in [-0.15, -0.1) is 0 Å². The molecule has 1 unspecified atom stereocenters. The van der Waals surface area contributed by atoms with Crippen LogP contribution < -0.4 is 5.32 Å². The Morgan fingerprint density at radius 1 is 1.50 bits per heavy atom. The number of carbonyl (C=O) groups is 1. The van der Waals surface area contributed by atoms with Gasteiger partial charge in [0.25, 0.3) is 0 Å². The second kappa shape index (κ2) is 5.26. The highest BCUT2D eigenvalue weighted by Crippen LogP contribution is 2.17. The molecule has 1 aliphatic rings. The first-order valence-electron chi connectivity index (χ1n) is 6.06. The van der Waals surface area contributed by atoms with Crippen LogP contribution in [0, 0.1) is 5.92 Å². The van der Waals surface area contributed by atoms with Gasteiger partial charge in [-0.05, 0) is 56.8 Å². The number of piperidine rings is 1. The van der Waals surface area contributed by atoms with Crippen molar-refractivity contribution in [1.82, 2.24) is 5.32 Å². The second-order valence-electron chi connectivity index (χ2n) is 4.67. The molecule has 16 heavy (non-hydrogen) atoms. The Bertz CT molecular complexity index is 367. The average molecular weight is 217 g/mol. The quantitative estimate of drug-likeness (QED) is 0.788. The Hall–Kier alpha value is -1.15. The van der Waals surface area contributed by atoms with Crippen molar-refractivity contribution < 1.29 is 4.79 Å². The van der Waals surface area contributed by atoms with E-state index in [1.54, 1.807) is 6.92 Å². The van der Waals surface area contributed by atoms with E-state index in [1.807, 2.05) is 18.2 Å². The molecule has 2 heteroatoms. The SMILES string of the molecule is CC(=O)c1cccc(CC2CCCNC2)c1. The van der Waals surface area contributed by atoms with E-state index in [2.05, 4.69) is 11.4 Å². The molecule has 1 aromatic carbocycles. The molecule has 1 fully saturated rings. The van der Waals surface area contributed by atoms with Crippen LogP contribution >= 0.6 is 0 Å². The Balaban J connectivity index is 2.02. The molecular formula is C14H19NO. The molecule has 0 bridgehead atoms. The number of nitrogens with one attached hydrogen (secondary N) is 1. The maximum atomic E-state index is 11.3. The maximum Gasteiger partial charge on any atom is 0.159 e. The van der Waals surface area contributed by atoms with Crippen LogP contribution in [-0.4, -0.2) is 18.9 Å². The fourth-order valence-corrected chi connectivity index (χ4v) is 2.35. The maximum absolute atomic E-state index is 11.3. The van der Waals surface area contributed by atoms with E-state index >= 15 is 0 Å². The number of rotatable bonds is 3. The molecule has 1 atom stereocenters. The molecule has 1 aromatic rings. The highest BCUT2D eigenvalue weighted by Gasteiger charge is 2.13. The molecule has 0 aliphatic carbocycles. The molecular weight excluding hydrogens is 198 g/mol. The van der Waals surface area contributed by atoms with Crippen LogP contribution in [-0.2, 0) is 6.42 Å². The summed E-state index contributed by atoms with van der Waals surface area (Å²) in [6.45, 7) is 3.90. The number of ketones is 1. The Labute approximate surface area is 97.1 Å². The average Bonchev–Trinajstić information content (AvgIpc) is 2.30. The smallest absolute Gasteiger partial charge is 0.159 e. The Morgan fingerprint density at radius 3 is 3.06 bits per heavy atom. The van der Waals surface area contributed by atoms with Gasteiger partial charge in [0.15, 0.2) is 5.78 Å². The van der Waals surface area contributed by atoms with Gasteiger partial charge in [-0.3, -0.25) is 4.79 Å². The van der Waals surface area contributed by atoms with Crippen LogP contribution in [0.4, 0.5) is 0 Å². The summed E-state index contributed by atoms with van der Waals surface area (Å²) in [5.74, 6) is 0.888. The lowest BCUT2D eigenvalue weighted by molar-refractivity contribution is 0.101. The largest absolute Gasteiger partial charge is 0.316 e. The standard InChI is InChI=1S/C14H19NO/c1-11(16)14-6-2-4-12(9-14)8-13-5-3-7-15-10-13/h2,4,6,9,13,15H,3,5,7-8,10H2,1H3. The number of hydrogen-bond donors (Lipinski definition) is 1. The van der Waals surface area contributed by atoms with Crippen LogP contribution in [0.3, 0.4) is 0 Å². The molecule has 1 N–H and O–H groups in total. The van der Waals surface area contributed by atoms with Crippen molar-refractivity contribution in [3.8, 4) is 0 Å². The van der Waals surface area contributed by atoms with Crippen molar-refractivity contribution in [1.29, 1.82) is 0 Å². The molecule has 86 valence electrons. The van der Waals surface area contributed by atoms with Gasteiger partial charge in [-0.1, -0.05) is 18.2 Å². The molecule has 0 saturated carbocycles. The fraction of sp³-hybridized carbons (Fsp3) is 0.500. The third kappa shape index (κ3) is 2.92. The number of hydrogen-bond acceptors (Lipinski definition) is 2. The van der Waals surface area contributed by atoms with E-state index in [-0.39, 0.29) is 5.78 Å². The van der Waals surface area contributed by atoms with Crippen molar-refractivity contribution in [2.75, 3.05) is 13.1 Å². The lowest BCUT2D eigenvalue weighted by atomic mass is 9.91. The molecule has 0 radical (unpaired) electrons. The van der Waals surface area contributed by atoms with Crippen LogP contribution in [0.5, 0.6) is 0 Å². The summed E-state index contributed by atoms with van der Waals surface area (Å²) in [5, 5.41) is 3.43. The van der Waals surface area contributed by atoms with Gasteiger partial charge in [0.1, 0.15) is 0 Å². The molecule has 0 amide bonds. The van der Waals surface area contributed by atoms with E-state index in [9.17, 15) is 4.79 Å². The van der Waals surface area contributed by atoms with E-state index in [0.29, 0.717) is 0 Å². The van der Waals surface area contributed by atoms with Gasteiger partial charge in [0.05, 0.1) is 0 Å². The van der Waals surface area contributed by atoms with Crippen molar-refractivity contribution >= 4 is 5.78 Å². The predicted molar refractivity (Wildman–Crippen MR) is 65.7 cm³/mol. The summed E-state index contributed by atoms with van der Waals surface area (Å²) in [7, 11) is 0. The summed E-state index contributed by atoms with van der Waals surface area (Å²) in [5.41, 5.74) is 2.13. The minimum Gasteiger partial charge on any atom is -0.316 e. The molecule has 2 nitrogen and oxygen atoms in total. The van der Waals surface area contributed by atoms with Gasteiger partial charge in [-0.2, -0.15) is 0 Å². The first-order valence-corrected chi connectivity index (χ1v) is 6.06. The zero-order valence-corrected chi connectivity index (χ0v) is 9.83. The van der Waals surface area contributed by atoms with Gasteiger partial charge in [-0.25, -0.2) is 0 Å². The third-order valence-corrected chi connectivity index (χ3v) is 3.26. The van der Waals surface area contributed by atoms with E-state index in [4.69, 9.17) is 0 Å². The summed E-state index contributed by atoms with van der Waals surface area (Å²) in [4.78, 5) is 11.3. The van der Waals surface area contributed by atoms with Crippen LogP contribution in [0.15, 0.2) is 24.3 Å². The lowest BCUT2D eigenvalue weighted by Crippen LogP contribution is -2.30. The first kappa shape index (κ1) is 11.3. The highest BCUT2D eigenvalue weighted by atomic mass is 16.1. The molecule has 1 heterocycles. The zero-order chi connectivity index (χ0) is 11.4. The van der Waals surface area contributed by atoms with Crippen molar-refractivity contribution in [2.24, 2.45) is 5.92 Å². The monoisotopic (exact) mass is 217 g/mol. The van der Waals surface area contributed by atoms with Crippen molar-refractivity contribution in [2.45, 2.75) is 26.2 Å². The number of Topliss-reactive ketones (excluding diaryl/α,β-unsaturated/α-hetero) is 1. The Morgan fingerprint density at radius 2 is 2.38 bits per heavy atom. The molecule has 0 spiro atoms. The minimum absolute atomic E-state index is 0.156. The van der Waals surface area contributed by atoms with Gasteiger partial charge in [0.2, 0.25) is 0 Å². The summed E-state index contributed by atoms with van der Waals surface area (Å²) in [6.07, 6.45) is 3.67. The molecule has 2 rings (SSSR count). The Kier molecular flexibility index (Phi) is 3.73. The summed E-state index contributed by atoms with van der Waals surface area (Å²) < 4.78 is 0. The fourth-order valence-electron chi connectivity index (χ4n) is 2.35. The minimum atomic E-state index is 0.156. The van der Waals surface area contributed by atoms with E-state index < -0.39 is 0 Å². The number of benzene rings is 1. The predicted octanol–water partition coefficient (Wildman–Crippen LogP) is 2.43. The van der Waals surface area contributed by atoms with Gasteiger partial charge in [0, 0.05) is 5.56 Å². The van der Waals surface area contributed by atoms with Crippen molar-refractivity contribution in [3.05, 3.63) is 35.4 Å². The molecule has 0 aromatic heterocycles. The van der Waals surface area contributed by atoms with Crippen molar-refractivity contribution in [3.63, 3.8) is 0 Å². The third-order valence-electron chi connectivity index (χ3n) is 3.26. The normalized spacial score (nSPS) is 20.7. The van der Waals surface area contributed by atoms with Gasteiger partial charge >= 0.3 is 0 Å². The number of carbonyl (C=O) groups excluding carboxylic acids is 1. The highest BCUT2D eigenvalue weighted by molar-refractivity contribution is 5.94. The summed E-state index contributed by atoms with van der Waals surface area (Å²) >= 11 is 0. The lowest BCUT2D eigenvalue weighted by Gasteiger charge is -2.22. The zero-order valence-electron chi connectivity index (χ0n) is 9.83. The van der Waals surface area contributed by atoms with E-state index in [1.165, 1.54) is 18.4 Å². The van der Waals surface area contributed by atoms with E-state index in [0.717, 1.165) is 31.0 Å². The second-order valence-corrected chi connectivity index (χ2v) is 4.67. The summed E-state index contributed by atoms with van der Waals surface area (Å²) in [6, 6.07) is 8.05. The van der Waals surface area contributed by atoms with Crippen LogP contribution in [0.2, 0.25) is 0 Å². The topological polar surface area (TPSA) is 29.1 Å². The molecule has 1 aliphatic heterocycles. The van der Waals surface area contributed by atoms with Crippen LogP contribution in [0.1, 0.15) is 35.7 Å². The molecule has 1 saturated heterocycles.